The lowest BCUT2D eigenvalue weighted by molar-refractivity contribution is -0.141. The highest BCUT2D eigenvalue weighted by Crippen LogP contribution is 2.29. The van der Waals surface area contributed by atoms with E-state index in [9.17, 15) is 9.18 Å². The molecule has 0 saturated carbocycles. The van der Waals surface area contributed by atoms with E-state index in [2.05, 4.69) is 4.74 Å². The summed E-state index contributed by atoms with van der Waals surface area (Å²) < 4.78 is 17.3. The first-order valence-electron chi connectivity index (χ1n) is 3.52. The fraction of sp³-hybridized carbons (Fsp3) is 0.857. The van der Waals surface area contributed by atoms with Gasteiger partial charge in [0.15, 0.2) is 0 Å². The smallest absolute Gasteiger partial charge is 0.305 e. The molecular weight excluding hydrogens is 167 g/mol. The molecule has 0 radical (unpaired) electrons. The van der Waals surface area contributed by atoms with Crippen molar-refractivity contribution >= 4 is 17.7 Å². The number of halogens is 1. The zero-order valence-electron chi connectivity index (χ0n) is 6.38. The Bertz CT molecular complexity index is 151. The van der Waals surface area contributed by atoms with Gasteiger partial charge in [-0.3, -0.25) is 4.79 Å². The summed E-state index contributed by atoms with van der Waals surface area (Å²) in [6.07, 6.45) is -0.593. The highest BCUT2D eigenvalue weighted by atomic mass is 32.2. The van der Waals surface area contributed by atoms with E-state index >= 15 is 0 Å². The molecule has 0 N–H and O–H groups in total. The number of alkyl halides is 1. The summed E-state index contributed by atoms with van der Waals surface area (Å²) in [5, 5.41) is 0. The average Bonchev–Trinajstić information content (AvgIpc) is 2.37. The van der Waals surface area contributed by atoms with Crippen LogP contribution in [0, 0.1) is 5.92 Å². The van der Waals surface area contributed by atoms with Crippen LogP contribution in [0.15, 0.2) is 0 Å². The van der Waals surface area contributed by atoms with E-state index in [0.29, 0.717) is 5.75 Å². The van der Waals surface area contributed by atoms with Crippen molar-refractivity contribution in [2.75, 3.05) is 18.6 Å². The zero-order chi connectivity index (χ0) is 8.27. The molecule has 0 aromatic carbocycles. The van der Waals surface area contributed by atoms with Crippen LogP contribution in [0.2, 0.25) is 0 Å². The summed E-state index contributed by atoms with van der Waals surface area (Å²) >= 11 is 1.56. The van der Waals surface area contributed by atoms with Crippen LogP contribution in [0.3, 0.4) is 0 Å². The predicted octanol–water partition coefficient (Wildman–Crippen LogP) is 1.25. The van der Waals surface area contributed by atoms with Crippen LogP contribution in [-0.2, 0) is 9.53 Å². The van der Waals surface area contributed by atoms with Crippen molar-refractivity contribution in [2.24, 2.45) is 5.92 Å². The summed E-state index contributed by atoms with van der Waals surface area (Å²) in [4.78, 5) is 10.7. The molecule has 0 aromatic rings. The Morgan fingerprint density at radius 1 is 1.73 bits per heavy atom. The van der Waals surface area contributed by atoms with E-state index in [0.717, 1.165) is 5.75 Å². The van der Waals surface area contributed by atoms with Gasteiger partial charge in [0.25, 0.3) is 0 Å². The first kappa shape index (κ1) is 8.84. The highest BCUT2D eigenvalue weighted by molar-refractivity contribution is 7.99. The fourth-order valence-electron chi connectivity index (χ4n) is 1.06. The lowest BCUT2D eigenvalue weighted by atomic mass is 10.0. The van der Waals surface area contributed by atoms with Crippen LogP contribution in [0.25, 0.3) is 0 Å². The summed E-state index contributed by atoms with van der Waals surface area (Å²) in [7, 11) is 1.33. The number of carbonyl (C=O) groups excluding carboxylic acids is 1. The highest BCUT2D eigenvalue weighted by Gasteiger charge is 2.29. The van der Waals surface area contributed by atoms with Crippen molar-refractivity contribution in [2.45, 2.75) is 12.6 Å². The van der Waals surface area contributed by atoms with Crippen molar-refractivity contribution in [3.05, 3.63) is 0 Å². The second kappa shape index (κ2) is 3.95. The molecule has 0 spiro atoms. The Morgan fingerprint density at radius 3 is 2.91 bits per heavy atom. The first-order valence-corrected chi connectivity index (χ1v) is 4.68. The molecule has 0 amide bonds. The van der Waals surface area contributed by atoms with Gasteiger partial charge in [-0.15, -0.1) is 0 Å². The Balaban J connectivity index is 2.30. The minimum absolute atomic E-state index is 0.118. The molecule has 1 aliphatic heterocycles. The third-order valence-corrected chi connectivity index (χ3v) is 3.00. The lowest BCUT2D eigenvalue weighted by Crippen LogP contribution is -2.18. The van der Waals surface area contributed by atoms with E-state index in [1.807, 2.05) is 0 Å². The maximum Gasteiger partial charge on any atom is 0.305 e. The molecule has 1 heterocycles. The van der Waals surface area contributed by atoms with Crippen LogP contribution < -0.4 is 0 Å². The van der Waals surface area contributed by atoms with E-state index in [-0.39, 0.29) is 18.3 Å². The standard InChI is InChI=1S/C7H11FO2S/c1-10-7(9)2-5-3-11-4-6(5)8/h5-6H,2-4H2,1H3/t5-,6+/m0/s1. The first-order chi connectivity index (χ1) is 5.24. The minimum atomic E-state index is -0.820. The number of thioether (sulfide) groups is 1. The van der Waals surface area contributed by atoms with Gasteiger partial charge in [-0.05, 0) is 5.75 Å². The molecule has 0 aromatic heterocycles. The van der Waals surface area contributed by atoms with E-state index in [1.165, 1.54) is 7.11 Å². The normalized spacial score (nSPS) is 30.4. The third kappa shape index (κ3) is 2.36. The molecule has 0 bridgehead atoms. The quantitative estimate of drug-likeness (QED) is 0.595. The van der Waals surface area contributed by atoms with Crippen LogP contribution in [0.5, 0.6) is 0 Å². The minimum Gasteiger partial charge on any atom is -0.469 e. The molecular formula is C7H11FO2S. The van der Waals surface area contributed by atoms with Crippen LogP contribution >= 0.6 is 11.8 Å². The summed E-state index contributed by atoms with van der Waals surface area (Å²) in [6.45, 7) is 0. The molecule has 4 heteroatoms. The number of rotatable bonds is 2. The number of ether oxygens (including phenoxy) is 1. The molecule has 1 fully saturated rings. The van der Waals surface area contributed by atoms with Crippen molar-refractivity contribution in [3.63, 3.8) is 0 Å². The van der Waals surface area contributed by atoms with Gasteiger partial charge in [0.1, 0.15) is 6.17 Å². The van der Waals surface area contributed by atoms with Crippen LogP contribution in [0.1, 0.15) is 6.42 Å². The molecule has 64 valence electrons. The summed E-state index contributed by atoms with van der Waals surface area (Å²) in [6, 6.07) is 0. The second-order valence-corrected chi connectivity index (χ2v) is 3.67. The number of carbonyl (C=O) groups is 1. The zero-order valence-corrected chi connectivity index (χ0v) is 7.20. The Labute approximate surface area is 69.5 Å². The Kier molecular flexibility index (Phi) is 3.17. The largest absolute Gasteiger partial charge is 0.469 e. The molecule has 0 aliphatic carbocycles. The molecule has 2 nitrogen and oxygen atoms in total. The number of esters is 1. The van der Waals surface area contributed by atoms with Gasteiger partial charge in [-0.2, -0.15) is 11.8 Å². The maximum absolute atomic E-state index is 12.9. The van der Waals surface area contributed by atoms with Crippen LogP contribution in [0.4, 0.5) is 4.39 Å². The molecule has 1 rings (SSSR count). The van der Waals surface area contributed by atoms with Gasteiger partial charge in [-0.25, -0.2) is 4.39 Å². The van der Waals surface area contributed by atoms with Gasteiger partial charge < -0.3 is 4.74 Å². The van der Waals surface area contributed by atoms with Gasteiger partial charge in [0.2, 0.25) is 0 Å². The topological polar surface area (TPSA) is 26.3 Å². The second-order valence-electron chi connectivity index (χ2n) is 2.59. The van der Waals surface area contributed by atoms with Crippen molar-refractivity contribution in [3.8, 4) is 0 Å². The lowest BCUT2D eigenvalue weighted by Gasteiger charge is -2.08. The molecule has 1 aliphatic rings. The fourth-order valence-corrected chi connectivity index (χ4v) is 2.32. The Morgan fingerprint density at radius 2 is 2.45 bits per heavy atom. The predicted molar refractivity (Wildman–Crippen MR) is 42.3 cm³/mol. The van der Waals surface area contributed by atoms with E-state index in [1.54, 1.807) is 11.8 Å². The number of methoxy groups -OCH3 is 1. The van der Waals surface area contributed by atoms with Crippen molar-refractivity contribution in [1.82, 2.24) is 0 Å². The third-order valence-electron chi connectivity index (χ3n) is 1.78. The summed E-state index contributed by atoms with van der Waals surface area (Å²) in [5.74, 6) is 0.852. The maximum atomic E-state index is 12.9. The number of hydrogen-bond acceptors (Lipinski definition) is 3. The molecule has 1 saturated heterocycles. The van der Waals surface area contributed by atoms with Crippen molar-refractivity contribution < 1.29 is 13.9 Å². The Hall–Kier alpha value is -0.250. The molecule has 0 unspecified atom stereocenters. The molecule has 2 atom stereocenters. The van der Waals surface area contributed by atoms with E-state index in [4.69, 9.17) is 0 Å². The monoisotopic (exact) mass is 178 g/mol. The van der Waals surface area contributed by atoms with Crippen molar-refractivity contribution in [1.29, 1.82) is 0 Å². The average molecular weight is 178 g/mol. The van der Waals surface area contributed by atoms with E-state index < -0.39 is 6.17 Å². The number of hydrogen-bond donors (Lipinski definition) is 0. The van der Waals surface area contributed by atoms with Crippen LogP contribution in [-0.4, -0.2) is 30.8 Å². The van der Waals surface area contributed by atoms with Gasteiger partial charge >= 0.3 is 5.97 Å². The van der Waals surface area contributed by atoms with Gasteiger partial charge in [0.05, 0.1) is 13.5 Å². The van der Waals surface area contributed by atoms with Gasteiger partial charge in [-0.1, -0.05) is 0 Å². The molecule has 11 heavy (non-hydrogen) atoms. The van der Waals surface area contributed by atoms with Gasteiger partial charge in [0, 0.05) is 11.7 Å². The SMILES string of the molecule is COC(=O)C[C@H]1CSC[C@H]1F. The summed E-state index contributed by atoms with van der Waals surface area (Å²) in [5.41, 5.74) is 0.